The van der Waals surface area contributed by atoms with Crippen molar-refractivity contribution in [1.29, 1.82) is 0 Å². The number of halogens is 4. The highest BCUT2D eigenvalue weighted by Gasteiger charge is 2.30. The molecule has 2 aromatic rings. The molecule has 0 spiro atoms. The molecule has 0 saturated heterocycles. The summed E-state index contributed by atoms with van der Waals surface area (Å²) in [6, 6.07) is 5.22. The summed E-state index contributed by atoms with van der Waals surface area (Å²) < 4.78 is 39.0. The summed E-state index contributed by atoms with van der Waals surface area (Å²) in [6.45, 7) is 0.802. The Labute approximate surface area is 107 Å². The van der Waals surface area contributed by atoms with E-state index >= 15 is 0 Å². The van der Waals surface area contributed by atoms with Crippen molar-refractivity contribution in [3.63, 3.8) is 0 Å². The van der Waals surface area contributed by atoms with Crippen LogP contribution < -0.4 is 0 Å². The second kappa shape index (κ2) is 4.80. The average molecular weight is 277 g/mol. The minimum absolute atomic E-state index is 0.250. The number of aryl methyl sites for hydroxylation is 2. The highest BCUT2D eigenvalue weighted by Crippen LogP contribution is 2.25. The summed E-state index contributed by atoms with van der Waals surface area (Å²) in [7, 11) is 0. The number of alkyl halides is 4. The Morgan fingerprint density at radius 1 is 1.33 bits per heavy atom. The molecular formula is C12H12ClF3N2. The van der Waals surface area contributed by atoms with Crippen molar-refractivity contribution in [2.24, 2.45) is 0 Å². The van der Waals surface area contributed by atoms with Crippen LogP contribution in [0.15, 0.2) is 18.2 Å². The van der Waals surface area contributed by atoms with Gasteiger partial charge in [0.05, 0.1) is 11.0 Å². The summed E-state index contributed by atoms with van der Waals surface area (Å²) >= 11 is 5.61. The fourth-order valence-electron chi connectivity index (χ4n) is 1.97. The van der Waals surface area contributed by atoms with Crippen LogP contribution in [-0.4, -0.2) is 21.6 Å². The molecule has 0 saturated carbocycles. The van der Waals surface area contributed by atoms with E-state index in [2.05, 4.69) is 4.98 Å². The van der Waals surface area contributed by atoms with Gasteiger partial charge in [-0.05, 0) is 18.6 Å². The fraction of sp³-hybridized carbons (Fsp3) is 0.417. The molecule has 0 atom stereocenters. The predicted molar refractivity (Wildman–Crippen MR) is 64.9 cm³/mol. The van der Waals surface area contributed by atoms with Crippen LogP contribution in [0.4, 0.5) is 13.2 Å². The Hall–Kier alpha value is -1.23. The van der Waals surface area contributed by atoms with Crippen molar-refractivity contribution >= 4 is 22.6 Å². The first-order valence-corrected chi connectivity index (χ1v) is 6.03. The lowest BCUT2D eigenvalue weighted by molar-refractivity contribution is -0.140. The van der Waals surface area contributed by atoms with Gasteiger partial charge < -0.3 is 4.57 Å². The van der Waals surface area contributed by atoms with Crippen LogP contribution in [0.3, 0.4) is 0 Å². The third-order valence-corrected chi connectivity index (χ3v) is 2.90. The van der Waals surface area contributed by atoms with Gasteiger partial charge in [-0.3, -0.25) is 0 Å². The largest absolute Gasteiger partial charge is 0.406 e. The van der Waals surface area contributed by atoms with Crippen molar-refractivity contribution in [2.45, 2.75) is 26.1 Å². The summed E-state index contributed by atoms with van der Waals surface area (Å²) in [5, 5.41) is 0. The first kappa shape index (κ1) is 13.2. The third kappa shape index (κ3) is 2.61. The first-order valence-electron chi connectivity index (χ1n) is 5.50. The summed E-state index contributed by atoms with van der Waals surface area (Å²) in [6.07, 6.45) is -3.94. The van der Waals surface area contributed by atoms with Gasteiger partial charge in [0.15, 0.2) is 0 Å². The van der Waals surface area contributed by atoms with Crippen molar-refractivity contribution in [1.82, 2.24) is 9.55 Å². The minimum Gasteiger partial charge on any atom is -0.319 e. The molecule has 0 N–H and O–H groups in total. The minimum atomic E-state index is -4.27. The lowest BCUT2D eigenvalue weighted by Crippen LogP contribution is -2.19. The lowest BCUT2D eigenvalue weighted by atomic mass is 10.2. The molecule has 0 aliphatic rings. The molecule has 2 nitrogen and oxygen atoms in total. The van der Waals surface area contributed by atoms with Crippen molar-refractivity contribution in [3.8, 4) is 0 Å². The van der Waals surface area contributed by atoms with E-state index in [1.807, 2.05) is 13.0 Å². The summed E-state index contributed by atoms with van der Waals surface area (Å²) in [5.41, 5.74) is 1.98. The molecule has 0 bridgehead atoms. The summed E-state index contributed by atoms with van der Waals surface area (Å²) in [4.78, 5) is 4.26. The topological polar surface area (TPSA) is 17.8 Å². The average Bonchev–Trinajstić information content (AvgIpc) is 2.58. The number of benzene rings is 1. The second-order valence-electron chi connectivity index (χ2n) is 4.11. The van der Waals surface area contributed by atoms with Gasteiger partial charge in [-0.25, -0.2) is 4.98 Å². The van der Waals surface area contributed by atoms with E-state index in [1.165, 1.54) is 4.57 Å². The van der Waals surface area contributed by atoms with E-state index < -0.39 is 12.7 Å². The third-order valence-electron chi connectivity index (χ3n) is 2.72. The van der Waals surface area contributed by atoms with Crippen LogP contribution in [0, 0.1) is 6.92 Å². The van der Waals surface area contributed by atoms with Crippen LogP contribution in [0.1, 0.15) is 11.4 Å². The maximum Gasteiger partial charge on any atom is 0.406 e. The first-order chi connectivity index (χ1) is 8.42. The normalized spacial score (nSPS) is 12.3. The zero-order valence-electron chi connectivity index (χ0n) is 9.76. The van der Waals surface area contributed by atoms with Crippen LogP contribution in [0.5, 0.6) is 0 Å². The fourth-order valence-corrected chi connectivity index (χ4v) is 2.14. The molecule has 1 aromatic carbocycles. The van der Waals surface area contributed by atoms with Gasteiger partial charge >= 0.3 is 6.18 Å². The van der Waals surface area contributed by atoms with E-state index in [0.717, 1.165) is 5.56 Å². The molecule has 2 rings (SSSR count). The Kier molecular flexibility index (Phi) is 3.52. The maximum atomic E-state index is 12.6. The van der Waals surface area contributed by atoms with Gasteiger partial charge in [-0.15, -0.1) is 11.6 Å². The van der Waals surface area contributed by atoms with Crippen LogP contribution in [0.2, 0.25) is 0 Å². The lowest BCUT2D eigenvalue weighted by Gasteiger charge is -2.11. The highest BCUT2D eigenvalue weighted by atomic mass is 35.5. The number of hydrogen-bond acceptors (Lipinski definition) is 1. The zero-order chi connectivity index (χ0) is 13.3. The number of para-hydroxylation sites is 1. The number of imidazole rings is 1. The SMILES string of the molecule is Cc1cccc2c1nc(CCCl)n2CC(F)(F)F. The molecule has 0 aliphatic heterocycles. The molecule has 1 heterocycles. The molecule has 98 valence electrons. The number of rotatable bonds is 3. The molecule has 18 heavy (non-hydrogen) atoms. The number of aromatic nitrogens is 2. The zero-order valence-corrected chi connectivity index (χ0v) is 10.5. The smallest absolute Gasteiger partial charge is 0.319 e. The summed E-state index contributed by atoms with van der Waals surface area (Å²) in [5.74, 6) is 0.631. The van der Waals surface area contributed by atoms with E-state index in [0.29, 0.717) is 23.3 Å². The molecule has 0 amide bonds. The van der Waals surface area contributed by atoms with Crippen LogP contribution >= 0.6 is 11.6 Å². The van der Waals surface area contributed by atoms with Crippen molar-refractivity contribution in [3.05, 3.63) is 29.6 Å². The van der Waals surface area contributed by atoms with Crippen LogP contribution in [0.25, 0.3) is 11.0 Å². The Bertz CT molecular complexity index is 560. The van der Waals surface area contributed by atoms with Gasteiger partial charge in [0.2, 0.25) is 0 Å². The van der Waals surface area contributed by atoms with Gasteiger partial charge in [-0.1, -0.05) is 12.1 Å². The molecule has 6 heteroatoms. The predicted octanol–water partition coefficient (Wildman–Crippen LogP) is 3.69. The Morgan fingerprint density at radius 3 is 2.67 bits per heavy atom. The van der Waals surface area contributed by atoms with E-state index in [9.17, 15) is 13.2 Å². The van der Waals surface area contributed by atoms with Gasteiger partial charge in [0.25, 0.3) is 0 Å². The maximum absolute atomic E-state index is 12.6. The standard InChI is InChI=1S/C12H12ClF3N2/c1-8-3-2-4-9-11(8)17-10(5-6-13)18(9)7-12(14,15)16/h2-4H,5-7H2,1H3. The Balaban J connectivity index is 2.59. The molecular weight excluding hydrogens is 265 g/mol. The Morgan fingerprint density at radius 2 is 2.06 bits per heavy atom. The molecule has 0 fully saturated rings. The highest BCUT2D eigenvalue weighted by molar-refractivity contribution is 6.17. The van der Waals surface area contributed by atoms with E-state index in [-0.39, 0.29) is 5.88 Å². The monoisotopic (exact) mass is 276 g/mol. The van der Waals surface area contributed by atoms with E-state index in [4.69, 9.17) is 11.6 Å². The second-order valence-corrected chi connectivity index (χ2v) is 4.49. The van der Waals surface area contributed by atoms with Gasteiger partial charge in [0, 0.05) is 12.3 Å². The van der Waals surface area contributed by atoms with Gasteiger partial charge in [0.1, 0.15) is 12.4 Å². The number of hydrogen-bond donors (Lipinski definition) is 0. The number of fused-ring (bicyclic) bond motifs is 1. The number of nitrogens with zero attached hydrogens (tertiary/aromatic N) is 2. The molecule has 0 aliphatic carbocycles. The quantitative estimate of drug-likeness (QED) is 0.782. The molecule has 1 aromatic heterocycles. The van der Waals surface area contributed by atoms with Gasteiger partial charge in [-0.2, -0.15) is 13.2 Å². The molecule has 0 radical (unpaired) electrons. The molecule has 0 unspecified atom stereocenters. The van der Waals surface area contributed by atoms with E-state index in [1.54, 1.807) is 12.1 Å². The van der Waals surface area contributed by atoms with Crippen LogP contribution in [-0.2, 0) is 13.0 Å². The van der Waals surface area contributed by atoms with Crippen molar-refractivity contribution in [2.75, 3.05) is 5.88 Å². The van der Waals surface area contributed by atoms with Crippen molar-refractivity contribution < 1.29 is 13.2 Å².